The van der Waals surface area contributed by atoms with Gasteiger partial charge in [-0.1, -0.05) is 104 Å². The van der Waals surface area contributed by atoms with Crippen LogP contribution in [0.25, 0.3) is 0 Å². The summed E-state index contributed by atoms with van der Waals surface area (Å²) in [6, 6.07) is 0. The molecule has 0 saturated heterocycles. The highest BCUT2D eigenvalue weighted by atomic mass is 32.3. The zero-order chi connectivity index (χ0) is 21.2. The molecular formula is C21H47NO4S. The van der Waals surface area contributed by atoms with E-state index in [2.05, 4.69) is 27.7 Å². The lowest BCUT2D eigenvalue weighted by molar-refractivity contribution is 0.316. The highest BCUT2D eigenvalue weighted by Crippen LogP contribution is 2.20. The highest BCUT2D eigenvalue weighted by Gasteiger charge is 2.19. The Hall–Kier alpha value is -0.170. The van der Waals surface area contributed by atoms with Crippen molar-refractivity contribution >= 4 is 10.4 Å². The van der Waals surface area contributed by atoms with Gasteiger partial charge in [0.25, 0.3) is 0 Å². The minimum Gasteiger partial charge on any atom is -0.325 e. The average molecular weight is 410 g/mol. The van der Waals surface area contributed by atoms with E-state index in [0.29, 0.717) is 5.92 Å². The molecule has 4 N–H and O–H groups in total. The molecule has 0 aliphatic heterocycles. The Labute approximate surface area is 169 Å². The van der Waals surface area contributed by atoms with Crippen molar-refractivity contribution in [2.75, 3.05) is 0 Å². The molecule has 0 aliphatic carbocycles. The fourth-order valence-corrected chi connectivity index (χ4v) is 3.02. The highest BCUT2D eigenvalue weighted by molar-refractivity contribution is 7.79. The van der Waals surface area contributed by atoms with E-state index in [1.807, 2.05) is 0 Å². The Bertz CT molecular complexity index is 397. The minimum absolute atomic E-state index is 0.00343. The molecule has 0 aromatic heterocycles. The second kappa shape index (κ2) is 17.9. The number of hydrogen-bond acceptors (Lipinski definition) is 3. The first-order valence-corrected chi connectivity index (χ1v) is 12.4. The number of rotatable bonds is 16. The summed E-state index contributed by atoms with van der Waals surface area (Å²) in [7, 11) is -4.67. The zero-order valence-corrected chi connectivity index (χ0v) is 19.2. The molecule has 6 heteroatoms. The monoisotopic (exact) mass is 409 g/mol. The first-order chi connectivity index (χ1) is 12.5. The molecule has 166 valence electrons. The second-order valence-electron chi connectivity index (χ2n) is 8.56. The van der Waals surface area contributed by atoms with E-state index in [9.17, 15) is 0 Å². The lowest BCUT2D eigenvalue weighted by Crippen LogP contribution is -2.39. The third-order valence-electron chi connectivity index (χ3n) is 5.26. The van der Waals surface area contributed by atoms with Crippen molar-refractivity contribution in [2.24, 2.45) is 11.7 Å². The topological polar surface area (TPSA) is 101 Å². The summed E-state index contributed by atoms with van der Waals surface area (Å²) >= 11 is 0. The van der Waals surface area contributed by atoms with Gasteiger partial charge in [0.15, 0.2) is 0 Å². The lowest BCUT2D eigenvalue weighted by Gasteiger charge is -2.27. The molecule has 5 nitrogen and oxygen atoms in total. The van der Waals surface area contributed by atoms with Crippen molar-refractivity contribution < 1.29 is 17.5 Å². The molecule has 0 amide bonds. The SMILES string of the molecule is CCCCCCCCCCCCCCCCC(C)C(C)(C)N.O=S(=O)(O)O. The van der Waals surface area contributed by atoms with Gasteiger partial charge in [-0.25, -0.2) is 0 Å². The van der Waals surface area contributed by atoms with Crippen LogP contribution in [0.4, 0.5) is 0 Å². The van der Waals surface area contributed by atoms with Crippen LogP contribution in [0.5, 0.6) is 0 Å². The van der Waals surface area contributed by atoms with Crippen LogP contribution < -0.4 is 5.73 Å². The predicted octanol–water partition coefficient (Wildman–Crippen LogP) is 6.58. The van der Waals surface area contributed by atoms with Crippen molar-refractivity contribution in [1.82, 2.24) is 0 Å². The van der Waals surface area contributed by atoms with Gasteiger partial charge in [-0.3, -0.25) is 9.11 Å². The number of unbranched alkanes of at least 4 members (excludes halogenated alkanes) is 13. The van der Waals surface area contributed by atoms with Crippen LogP contribution in [0, 0.1) is 5.92 Å². The second-order valence-corrected chi connectivity index (χ2v) is 9.45. The first kappa shape index (κ1) is 29.0. The van der Waals surface area contributed by atoms with Crippen LogP contribution in [0.3, 0.4) is 0 Å². The van der Waals surface area contributed by atoms with Crippen molar-refractivity contribution in [2.45, 2.75) is 130 Å². The van der Waals surface area contributed by atoms with Crippen LogP contribution in [0.15, 0.2) is 0 Å². The Kier molecular flexibility index (Phi) is 19.2. The minimum atomic E-state index is -4.67. The largest absolute Gasteiger partial charge is 0.394 e. The summed E-state index contributed by atoms with van der Waals surface area (Å²) in [5, 5.41) is 0. The Morgan fingerprint density at radius 2 is 1.00 bits per heavy atom. The van der Waals surface area contributed by atoms with Crippen LogP contribution >= 0.6 is 0 Å². The molecule has 1 atom stereocenters. The van der Waals surface area contributed by atoms with Gasteiger partial charge >= 0.3 is 10.4 Å². The van der Waals surface area contributed by atoms with E-state index in [1.165, 1.54) is 96.3 Å². The van der Waals surface area contributed by atoms with Crippen molar-refractivity contribution in [1.29, 1.82) is 0 Å². The molecule has 0 fully saturated rings. The molecule has 0 rings (SSSR count). The van der Waals surface area contributed by atoms with Crippen molar-refractivity contribution in [3.05, 3.63) is 0 Å². The van der Waals surface area contributed by atoms with Crippen LogP contribution in [-0.2, 0) is 10.4 Å². The molecule has 1 unspecified atom stereocenters. The molecular weight excluding hydrogens is 362 g/mol. The molecule has 0 aromatic rings. The molecule has 0 spiro atoms. The van der Waals surface area contributed by atoms with Crippen LogP contribution in [0.2, 0.25) is 0 Å². The average Bonchev–Trinajstić information content (AvgIpc) is 2.52. The summed E-state index contributed by atoms with van der Waals surface area (Å²) in [4.78, 5) is 0. The summed E-state index contributed by atoms with van der Waals surface area (Å²) in [5.41, 5.74) is 6.13. The van der Waals surface area contributed by atoms with E-state index >= 15 is 0 Å². The molecule has 0 aromatic carbocycles. The number of hydrogen-bond donors (Lipinski definition) is 3. The van der Waals surface area contributed by atoms with Gasteiger partial charge in [-0.05, 0) is 26.2 Å². The molecule has 0 bridgehead atoms. The zero-order valence-electron chi connectivity index (χ0n) is 18.4. The van der Waals surface area contributed by atoms with Crippen LogP contribution in [-0.4, -0.2) is 23.1 Å². The van der Waals surface area contributed by atoms with Gasteiger partial charge in [-0.2, -0.15) is 8.42 Å². The fourth-order valence-electron chi connectivity index (χ4n) is 3.02. The van der Waals surface area contributed by atoms with E-state index in [0.717, 1.165) is 0 Å². The van der Waals surface area contributed by atoms with Gasteiger partial charge in [0, 0.05) is 5.54 Å². The van der Waals surface area contributed by atoms with E-state index < -0.39 is 10.4 Å². The number of nitrogens with two attached hydrogens (primary N) is 1. The molecule has 0 aliphatic rings. The third-order valence-corrected chi connectivity index (χ3v) is 5.26. The summed E-state index contributed by atoms with van der Waals surface area (Å²) in [6.45, 7) is 8.89. The predicted molar refractivity (Wildman–Crippen MR) is 117 cm³/mol. The quantitative estimate of drug-likeness (QED) is 0.197. The Morgan fingerprint density at radius 3 is 1.26 bits per heavy atom. The van der Waals surface area contributed by atoms with E-state index in [-0.39, 0.29) is 5.54 Å². The third kappa shape index (κ3) is 30.8. The summed E-state index contributed by atoms with van der Waals surface area (Å²) < 4.78 is 31.6. The van der Waals surface area contributed by atoms with Gasteiger partial charge in [0.2, 0.25) is 0 Å². The first-order valence-electron chi connectivity index (χ1n) is 11.0. The van der Waals surface area contributed by atoms with Gasteiger partial charge < -0.3 is 5.73 Å². The molecule has 0 radical (unpaired) electrons. The molecule has 0 heterocycles. The lowest BCUT2D eigenvalue weighted by atomic mass is 9.86. The van der Waals surface area contributed by atoms with E-state index in [4.69, 9.17) is 23.3 Å². The fraction of sp³-hybridized carbons (Fsp3) is 1.00. The van der Waals surface area contributed by atoms with Gasteiger partial charge in [-0.15, -0.1) is 0 Å². The normalized spacial score (nSPS) is 13.1. The molecule has 0 saturated carbocycles. The van der Waals surface area contributed by atoms with Crippen molar-refractivity contribution in [3.63, 3.8) is 0 Å². The van der Waals surface area contributed by atoms with Gasteiger partial charge in [0.05, 0.1) is 0 Å². The van der Waals surface area contributed by atoms with Crippen molar-refractivity contribution in [3.8, 4) is 0 Å². The Morgan fingerprint density at radius 1 is 0.741 bits per heavy atom. The molecule has 27 heavy (non-hydrogen) atoms. The van der Waals surface area contributed by atoms with Crippen LogP contribution in [0.1, 0.15) is 124 Å². The summed E-state index contributed by atoms with van der Waals surface area (Å²) in [6.07, 6.45) is 21.4. The smallest absolute Gasteiger partial charge is 0.325 e. The Balaban J connectivity index is 0. The maximum atomic E-state index is 8.74. The standard InChI is InChI=1S/C21H45N.H2O4S/c1-5-6-7-8-9-10-11-12-13-14-15-16-17-18-19-20(2)21(3,4)22;1-5(2,3)4/h20H,5-19,22H2,1-4H3;(H2,1,2,3,4). The maximum absolute atomic E-state index is 8.74. The maximum Gasteiger partial charge on any atom is 0.394 e. The summed E-state index contributed by atoms with van der Waals surface area (Å²) in [5.74, 6) is 0.643. The van der Waals surface area contributed by atoms with Gasteiger partial charge in [0.1, 0.15) is 0 Å². The van der Waals surface area contributed by atoms with E-state index in [1.54, 1.807) is 0 Å².